The van der Waals surface area contributed by atoms with E-state index in [0.717, 1.165) is 17.1 Å². The number of nitrogens with one attached hydrogen (secondary N) is 1. The van der Waals surface area contributed by atoms with Crippen LogP contribution in [0.4, 0.5) is 5.69 Å². The minimum absolute atomic E-state index is 0.194. The number of benzene rings is 1. The molecule has 20 heavy (non-hydrogen) atoms. The van der Waals surface area contributed by atoms with Crippen molar-refractivity contribution < 1.29 is 9.53 Å². The quantitative estimate of drug-likeness (QED) is 0.853. The normalized spacial score (nSPS) is 10.3. The summed E-state index contributed by atoms with van der Waals surface area (Å²) in [4.78, 5) is 13.5. The molecule has 2 aromatic rings. The third kappa shape index (κ3) is 3.84. The predicted molar refractivity (Wildman–Crippen MR) is 83.3 cm³/mol. The lowest BCUT2D eigenvalue weighted by molar-refractivity contribution is -0.139. The Balaban J connectivity index is 1.93. The van der Waals surface area contributed by atoms with Gasteiger partial charge in [0.1, 0.15) is 0 Å². The van der Waals surface area contributed by atoms with Gasteiger partial charge in [-0.15, -0.1) is 11.3 Å². The number of rotatable bonds is 5. The summed E-state index contributed by atoms with van der Waals surface area (Å²) in [6.07, 6.45) is 0.352. The lowest BCUT2D eigenvalue weighted by Gasteiger charge is -2.07. The zero-order valence-corrected chi connectivity index (χ0v) is 12.8. The van der Waals surface area contributed by atoms with Crippen LogP contribution in [0.25, 0.3) is 0 Å². The van der Waals surface area contributed by atoms with Crippen LogP contribution in [0.15, 0.2) is 30.3 Å². The van der Waals surface area contributed by atoms with Gasteiger partial charge in [0, 0.05) is 22.0 Å². The minimum Gasteiger partial charge on any atom is -0.469 e. The number of thiophene rings is 1. The Hall–Kier alpha value is -1.81. The van der Waals surface area contributed by atoms with Gasteiger partial charge in [0.25, 0.3) is 0 Å². The van der Waals surface area contributed by atoms with E-state index in [0.29, 0.717) is 6.42 Å². The summed E-state index contributed by atoms with van der Waals surface area (Å²) in [5, 5.41) is 3.40. The average Bonchev–Trinajstić information content (AvgIpc) is 2.87. The van der Waals surface area contributed by atoms with E-state index in [1.165, 1.54) is 23.1 Å². The molecule has 1 aromatic carbocycles. The van der Waals surface area contributed by atoms with Crippen molar-refractivity contribution in [2.45, 2.75) is 26.8 Å². The SMILES string of the molecule is COC(=O)Cc1ccc(CNc2ccc(C)c(C)c2)s1. The number of hydrogen-bond donors (Lipinski definition) is 1. The van der Waals surface area contributed by atoms with Gasteiger partial charge >= 0.3 is 5.97 Å². The number of methoxy groups -OCH3 is 1. The maximum atomic E-state index is 11.2. The van der Waals surface area contributed by atoms with E-state index in [9.17, 15) is 4.79 Å². The molecule has 0 bridgehead atoms. The van der Waals surface area contributed by atoms with Crippen LogP contribution in [-0.4, -0.2) is 13.1 Å². The molecule has 1 N–H and O–H groups in total. The molecule has 0 saturated heterocycles. The Kier molecular flexibility index (Phi) is 4.79. The molecule has 1 aromatic heterocycles. The fourth-order valence-corrected chi connectivity index (χ4v) is 2.81. The highest BCUT2D eigenvalue weighted by Crippen LogP contribution is 2.20. The summed E-state index contributed by atoms with van der Waals surface area (Å²) in [7, 11) is 1.41. The van der Waals surface area contributed by atoms with E-state index in [4.69, 9.17) is 0 Å². The molecular weight excluding hydrogens is 270 g/mol. The number of anilines is 1. The Morgan fingerprint density at radius 1 is 1.15 bits per heavy atom. The van der Waals surface area contributed by atoms with Crippen molar-refractivity contribution in [3.63, 3.8) is 0 Å². The molecular formula is C16H19NO2S. The fourth-order valence-electron chi connectivity index (χ4n) is 1.87. The van der Waals surface area contributed by atoms with Crippen LogP contribution in [0.2, 0.25) is 0 Å². The molecule has 0 fully saturated rings. The Bertz CT molecular complexity index is 604. The first kappa shape index (κ1) is 14.6. The van der Waals surface area contributed by atoms with Gasteiger partial charge in [0.05, 0.1) is 13.5 Å². The molecule has 106 valence electrons. The maximum absolute atomic E-state index is 11.2. The number of carbonyl (C=O) groups excluding carboxylic acids is 1. The van der Waals surface area contributed by atoms with Gasteiger partial charge in [-0.1, -0.05) is 6.07 Å². The molecule has 0 aliphatic carbocycles. The number of carbonyl (C=O) groups is 1. The average molecular weight is 289 g/mol. The molecule has 2 rings (SSSR count). The van der Waals surface area contributed by atoms with Crippen LogP contribution in [0.1, 0.15) is 20.9 Å². The van der Waals surface area contributed by atoms with Crippen molar-refractivity contribution in [2.24, 2.45) is 0 Å². The zero-order chi connectivity index (χ0) is 14.5. The van der Waals surface area contributed by atoms with Gasteiger partial charge in [-0.2, -0.15) is 0 Å². The second-order valence-electron chi connectivity index (χ2n) is 4.77. The summed E-state index contributed by atoms with van der Waals surface area (Å²) < 4.78 is 4.67. The van der Waals surface area contributed by atoms with E-state index in [2.05, 4.69) is 48.2 Å². The molecule has 0 aliphatic heterocycles. The summed E-state index contributed by atoms with van der Waals surface area (Å²) in [5.41, 5.74) is 3.70. The second kappa shape index (κ2) is 6.57. The van der Waals surface area contributed by atoms with Crippen molar-refractivity contribution in [3.8, 4) is 0 Å². The first-order valence-electron chi connectivity index (χ1n) is 6.54. The Morgan fingerprint density at radius 3 is 2.60 bits per heavy atom. The Labute approximate surface area is 123 Å². The van der Waals surface area contributed by atoms with Gasteiger partial charge in [0.2, 0.25) is 0 Å². The second-order valence-corrected chi connectivity index (χ2v) is 6.03. The van der Waals surface area contributed by atoms with Crippen molar-refractivity contribution >= 4 is 23.0 Å². The summed E-state index contributed by atoms with van der Waals surface area (Å²) >= 11 is 1.64. The molecule has 0 atom stereocenters. The van der Waals surface area contributed by atoms with E-state index >= 15 is 0 Å². The van der Waals surface area contributed by atoms with Crippen molar-refractivity contribution in [1.29, 1.82) is 0 Å². The third-order valence-corrected chi connectivity index (χ3v) is 4.32. The van der Waals surface area contributed by atoms with Crippen molar-refractivity contribution in [2.75, 3.05) is 12.4 Å². The topological polar surface area (TPSA) is 38.3 Å². The van der Waals surface area contributed by atoms with Crippen LogP contribution in [0.5, 0.6) is 0 Å². The van der Waals surface area contributed by atoms with E-state index in [-0.39, 0.29) is 5.97 Å². The van der Waals surface area contributed by atoms with Crippen LogP contribution in [-0.2, 0) is 22.5 Å². The monoisotopic (exact) mass is 289 g/mol. The van der Waals surface area contributed by atoms with E-state index in [1.807, 2.05) is 6.07 Å². The molecule has 4 heteroatoms. The van der Waals surface area contributed by atoms with Crippen LogP contribution < -0.4 is 5.32 Å². The molecule has 3 nitrogen and oxygen atoms in total. The molecule has 1 heterocycles. The van der Waals surface area contributed by atoms with Gasteiger partial charge in [-0.05, 0) is 49.2 Å². The van der Waals surface area contributed by atoms with Gasteiger partial charge in [0.15, 0.2) is 0 Å². The highest BCUT2D eigenvalue weighted by atomic mass is 32.1. The number of esters is 1. The summed E-state index contributed by atoms with van der Waals surface area (Å²) in [5.74, 6) is -0.194. The van der Waals surface area contributed by atoms with Gasteiger partial charge in [-0.25, -0.2) is 0 Å². The first-order chi connectivity index (χ1) is 9.58. The smallest absolute Gasteiger partial charge is 0.310 e. The maximum Gasteiger partial charge on any atom is 0.310 e. The molecule has 0 aliphatic rings. The lowest BCUT2D eigenvalue weighted by atomic mass is 10.1. The first-order valence-corrected chi connectivity index (χ1v) is 7.35. The van der Waals surface area contributed by atoms with Gasteiger partial charge in [-0.3, -0.25) is 4.79 Å². The molecule has 0 spiro atoms. The number of ether oxygens (including phenoxy) is 1. The zero-order valence-electron chi connectivity index (χ0n) is 12.0. The summed E-state index contributed by atoms with van der Waals surface area (Å²) in [6.45, 7) is 4.99. The molecule has 0 unspecified atom stereocenters. The predicted octanol–water partition coefficient (Wildman–Crippen LogP) is 3.69. The fraction of sp³-hybridized carbons (Fsp3) is 0.312. The van der Waals surface area contributed by atoms with Crippen LogP contribution in [0, 0.1) is 13.8 Å². The van der Waals surface area contributed by atoms with Gasteiger partial charge < -0.3 is 10.1 Å². The highest BCUT2D eigenvalue weighted by Gasteiger charge is 2.06. The number of hydrogen-bond acceptors (Lipinski definition) is 4. The van der Waals surface area contributed by atoms with Crippen LogP contribution in [0.3, 0.4) is 0 Å². The highest BCUT2D eigenvalue weighted by molar-refractivity contribution is 7.12. The van der Waals surface area contributed by atoms with E-state index < -0.39 is 0 Å². The third-order valence-electron chi connectivity index (χ3n) is 3.24. The largest absolute Gasteiger partial charge is 0.469 e. The van der Waals surface area contributed by atoms with Crippen molar-refractivity contribution in [1.82, 2.24) is 0 Å². The summed E-state index contributed by atoms with van der Waals surface area (Å²) in [6, 6.07) is 10.4. The number of aryl methyl sites for hydroxylation is 2. The molecule has 0 radical (unpaired) electrons. The lowest BCUT2D eigenvalue weighted by Crippen LogP contribution is -2.02. The minimum atomic E-state index is -0.194. The van der Waals surface area contributed by atoms with E-state index in [1.54, 1.807) is 11.3 Å². The standard InChI is InChI=1S/C16H19NO2S/c1-11-4-5-13(8-12(11)2)17-10-15-7-6-14(20-15)9-16(18)19-3/h4-8,17H,9-10H2,1-3H3. The Morgan fingerprint density at radius 2 is 1.90 bits per heavy atom. The van der Waals surface area contributed by atoms with Crippen molar-refractivity contribution in [3.05, 3.63) is 51.2 Å². The van der Waals surface area contributed by atoms with Crippen LogP contribution >= 0.6 is 11.3 Å². The molecule has 0 saturated carbocycles. The molecule has 0 amide bonds.